The van der Waals surface area contributed by atoms with Crippen molar-refractivity contribution >= 4 is 39.1 Å². The van der Waals surface area contributed by atoms with Gasteiger partial charge in [-0.2, -0.15) is 0 Å². The maximum Gasteiger partial charge on any atom is 0.258 e. The number of carbonyl (C=O) groups excluding carboxylic acids is 1. The van der Waals surface area contributed by atoms with Crippen LogP contribution in [0.1, 0.15) is 15.9 Å². The first-order chi connectivity index (χ1) is 9.36. The lowest BCUT2D eigenvalue weighted by Crippen LogP contribution is -2.14. The lowest BCUT2D eigenvalue weighted by Gasteiger charge is -2.08. The van der Waals surface area contributed by atoms with E-state index in [1.807, 2.05) is 13.0 Å². The topological polar surface area (TPSA) is 29.1 Å². The maximum atomic E-state index is 13.6. The molecule has 0 aliphatic carbocycles. The van der Waals surface area contributed by atoms with Gasteiger partial charge in [0, 0.05) is 10.2 Å². The normalized spacial score (nSPS) is 10.4. The van der Waals surface area contributed by atoms with Crippen molar-refractivity contribution < 1.29 is 13.6 Å². The Morgan fingerprint density at radius 1 is 1.15 bits per heavy atom. The number of hydrogen-bond acceptors (Lipinski definition) is 1. The zero-order chi connectivity index (χ0) is 14.9. The summed E-state index contributed by atoms with van der Waals surface area (Å²) >= 11 is 8.73. The molecule has 2 aromatic carbocycles. The van der Waals surface area contributed by atoms with Gasteiger partial charge in [0.05, 0.1) is 10.6 Å². The molecule has 1 amide bonds. The Balaban J connectivity index is 2.30. The SMILES string of the molecule is Cc1cc(Br)cc(NC(=O)c2cc(F)c(Cl)cc2F)c1. The van der Waals surface area contributed by atoms with E-state index in [1.54, 1.807) is 12.1 Å². The Morgan fingerprint density at radius 3 is 2.50 bits per heavy atom. The summed E-state index contributed by atoms with van der Waals surface area (Å²) in [5, 5.41) is 2.15. The van der Waals surface area contributed by atoms with Gasteiger partial charge in [-0.25, -0.2) is 8.78 Å². The van der Waals surface area contributed by atoms with Gasteiger partial charge < -0.3 is 5.32 Å². The van der Waals surface area contributed by atoms with Crippen LogP contribution in [0.2, 0.25) is 5.02 Å². The number of halogens is 4. The Kier molecular flexibility index (Phi) is 4.40. The van der Waals surface area contributed by atoms with E-state index in [9.17, 15) is 13.6 Å². The van der Waals surface area contributed by atoms with Gasteiger partial charge in [-0.15, -0.1) is 0 Å². The number of hydrogen-bond donors (Lipinski definition) is 1. The van der Waals surface area contributed by atoms with Crippen LogP contribution < -0.4 is 5.32 Å². The summed E-state index contributed by atoms with van der Waals surface area (Å²) in [6.45, 7) is 1.85. The molecule has 0 fully saturated rings. The number of anilines is 1. The van der Waals surface area contributed by atoms with Gasteiger partial charge in [0.25, 0.3) is 5.91 Å². The van der Waals surface area contributed by atoms with Crippen LogP contribution in [0.5, 0.6) is 0 Å². The number of rotatable bonds is 2. The fourth-order valence-corrected chi connectivity index (χ4v) is 2.46. The molecule has 2 rings (SSSR count). The third-order valence-electron chi connectivity index (χ3n) is 2.55. The highest BCUT2D eigenvalue weighted by molar-refractivity contribution is 9.10. The van der Waals surface area contributed by atoms with Crippen LogP contribution in [-0.2, 0) is 0 Å². The van der Waals surface area contributed by atoms with E-state index in [0.717, 1.165) is 22.2 Å². The Labute approximate surface area is 127 Å². The molecule has 0 unspecified atom stereocenters. The number of amides is 1. The third kappa shape index (κ3) is 3.35. The van der Waals surface area contributed by atoms with Crippen molar-refractivity contribution in [2.24, 2.45) is 0 Å². The zero-order valence-corrected chi connectivity index (χ0v) is 12.6. The molecular formula is C14H9BrClF2NO. The summed E-state index contributed by atoms with van der Waals surface area (Å²) in [7, 11) is 0. The number of benzene rings is 2. The van der Waals surface area contributed by atoms with Gasteiger partial charge in [0.1, 0.15) is 11.6 Å². The Morgan fingerprint density at radius 2 is 1.85 bits per heavy atom. The Hall–Kier alpha value is -1.46. The van der Waals surface area contributed by atoms with Gasteiger partial charge in [-0.3, -0.25) is 4.79 Å². The molecule has 0 aliphatic rings. The molecule has 0 spiro atoms. The molecule has 0 saturated heterocycles. The van der Waals surface area contributed by atoms with Gasteiger partial charge in [-0.1, -0.05) is 27.5 Å². The summed E-state index contributed by atoms with van der Waals surface area (Å²) < 4.78 is 27.7. The van der Waals surface area contributed by atoms with Crippen molar-refractivity contribution in [2.45, 2.75) is 6.92 Å². The first-order valence-corrected chi connectivity index (χ1v) is 6.77. The second-order valence-corrected chi connectivity index (χ2v) is 5.54. The molecule has 0 heterocycles. The number of nitrogens with one attached hydrogen (secondary N) is 1. The summed E-state index contributed by atoms with van der Waals surface area (Å²) in [4.78, 5) is 11.9. The number of aryl methyl sites for hydroxylation is 1. The maximum absolute atomic E-state index is 13.6. The lowest BCUT2D eigenvalue weighted by molar-refractivity contribution is 0.102. The monoisotopic (exact) mass is 359 g/mol. The minimum absolute atomic E-state index is 0.364. The molecule has 104 valence electrons. The average Bonchev–Trinajstić information content (AvgIpc) is 2.32. The first kappa shape index (κ1) is 14.9. The van der Waals surface area contributed by atoms with E-state index in [4.69, 9.17) is 11.6 Å². The molecular weight excluding hydrogens is 352 g/mol. The summed E-state index contributed by atoms with van der Waals surface area (Å²) in [5.41, 5.74) is 0.999. The molecule has 0 bridgehead atoms. The smallest absolute Gasteiger partial charge is 0.258 e. The molecule has 0 saturated carbocycles. The molecule has 0 radical (unpaired) electrons. The van der Waals surface area contributed by atoms with Crippen molar-refractivity contribution in [3.8, 4) is 0 Å². The summed E-state index contributed by atoms with van der Waals surface area (Å²) in [5.74, 6) is -2.46. The van der Waals surface area contributed by atoms with E-state index in [0.29, 0.717) is 5.69 Å². The van der Waals surface area contributed by atoms with Crippen molar-refractivity contribution in [2.75, 3.05) is 5.32 Å². The lowest BCUT2D eigenvalue weighted by atomic mass is 10.1. The highest BCUT2D eigenvalue weighted by Gasteiger charge is 2.15. The second kappa shape index (κ2) is 5.89. The third-order valence-corrected chi connectivity index (χ3v) is 3.30. The van der Waals surface area contributed by atoms with Crippen LogP contribution in [-0.4, -0.2) is 5.91 Å². The predicted octanol–water partition coefficient (Wildman–Crippen LogP) is 4.94. The fourth-order valence-electron chi connectivity index (χ4n) is 1.70. The van der Waals surface area contributed by atoms with Crippen LogP contribution in [0.15, 0.2) is 34.8 Å². The van der Waals surface area contributed by atoms with Crippen molar-refractivity contribution in [1.82, 2.24) is 0 Å². The van der Waals surface area contributed by atoms with E-state index in [-0.39, 0.29) is 5.02 Å². The first-order valence-electron chi connectivity index (χ1n) is 5.60. The molecule has 6 heteroatoms. The molecule has 0 atom stereocenters. The minimum Gasteiger partial charge on any atom is -0.322 e. The quantitative estimate of drug-likeness (QED) is 0.755. The van der Waals surface area contributed by atoms with Crippen molar-refractivity contribution in [3.63, 3.8) is 0 Å². The number of carbonyl (C=O) groups is 1. The largest absolute Gasteiger partial charge is 0.322 e. The standard InChI is InChI=1S/C14H9BrClF2NO/c1-7-2-8(15)4-9(3-7)19-14(20)10-5-13(18)11(16)6-12(10)17/h2-6H,1H3,(H,19,20). The van der Waals surface area contributed by atoms with E-state index in [1.165, 1.54) is 0 Å². The van der Waals surface area contributed by atoms with Crippen molar-refractivity contribution in [3.05, 3.63) is 62.6 Å². The molecule has 20 heavy (non-hydrogen) atoms. The highest BCUT2D eigenvalue weighted by atomic mass is 79.9. The van der Waals surface area contributed by atoms with Crippen LogP contribution in [0.25, 0.3) is 0 Å². The van der Waals surface area contributed by atoms with Gasteiger partial charge in [0.15, 0.2) is 0 Å². The molecule has 0 aliphatic heterocycles. The van der Waals surface area contributed by atoms with E-state index in [2.05, 4.69) is 21.2 Å². The van der Waals surface area contributed by atoms with E-state index >= 15 is 0 Å². The van der Waals surface area contributed by atoms with Gasteiger partial charge >= 0.3 is 0 Å². The van der Waals surface area contributed by atoms with Gasteiger partial charge in [-0.05, 0) is 42.8 Å². The summed E-state index contributed by atoms with van der Waals surface area (Å²) in [6.07, 6.45) is 0. The zero-order valence-electron chi connectivity index (χ0n) is 10.3. The molecule has 0 aromatic heterocycles. The molecule has 2 nitrogen and oxygen atoms in total. The van der Waals surface area contributed by atoms with Crippen LogP contribution in [0.4, 0.5) is 14.5 Å². The molecule has 1 N–H and O–H groups in total. The summed E-state index contributed by atoms with van der Waals surface area (Å²) in [6, 6.07) is 6.79. The van der Waals surface area contributed by atoms with Crippen LogP contribution in [0.3, 0.4) is 0 Å². The Bertz CT molecular complexity index is 671. The van der Waals surface area contributed by atoms with Crippen molar-refractivity contribution in [1.29, 1.82) is 0 Å². The van der Waals surface area contributed by atoms with Crippen LogP contribution in [0, 0.1) is 18.6 Å². The predicted molar refractivity (Wildman–Crippen MR) is 78.2 cm³/mol. The van der Waals surface area contributed by atoms with Gasteiger partial charge in [0.2, 0.25) is 0 Å². The average molecular weight is 361 g/mol. The second-order valence-electron chi connectivity index (χ2n) is 4.22. The highest BCUT2D eigenvalue weighted by Crippen LogP contribution is 2.22. The van der Waals surface area contributed by atoms with Crippen LogP contribution >= 0.6 is 27.5 Å². The fraction of sp³-hybridized carbons (Fsp3) is 0.0714. The minimum atomic E-state index is -0.874. The molecule has 2 aromatic rings. The van der Waals surface area contributed by atoms with E-state index < -0.39 is 23.1 Å².